The lowest BCUT2D eigenvalue weighted by atomic mass is 10.2. The Morgan fingerprint density at radius 2 is 1.87 bits per heavy atom. The second kappa shape index (κ2) is 10.1. The minimum absolute atomic E-state index is 0.335. The molecule has 88 valence electrons. The van der Waals surface area contributed by atoms with E-state index in [0.29, 0.717) is 12.0 Å². The van der Waals surface area contributed by atoms with Crippen LogP contribution in [0.5, 0.6) is 0 Å². The van der Waals surface area contributed by atoms with Crippen molar-refractivity contribution in [3.63, 3.8) is 0 Å². The van der Waals surface area contributed by atoms with E-state index in [-0.39, 0.29) is 0 Å². The maximum Gasteiger partial charge on any atom is 0.330 e. The molecule has 0 bridgehead atoms. The third-order valence-corrected chi connectivity index (χ3v) is 3.37. The number of rotatable bonds is 10. The standard InChI is InChI=1S/C12H22O2S/c1-3-4-5-6-9-15-10-7-8-11(2)12(13)14/h2-10H2,1H3,(H,13,14). The van der Waals surface area contributed by atoms with Crippen molar-refractivity contribution in [2.45, 2.75) is 45.4 Å². The van der Waals surface area contributed by atoms with Gasteiger partial charge in [-0.05, 0) is 30.8 Å². The molecule has 0 atom stereocenters. The van der Waals surface area contributed by atoms with Crippen LogP contribution in [-0.2, 0) is 4.79 Å². The van der Waals surface area contributed by atoms with E-state index in [1.165, 1.54) is 31.4 Å². The van der Waals surface area contributed by atoms with Crippen LogP contribution in [0.1, 0.15) is 45.4 Å². The van der Waals surface area contributed by atoms with Gasteiger partial charge in [-0.1, -0.05) is 32.8 Å². The van der Waals surface area contributed by atoms with Crippen molar-refractivity contribution in [1.29, 1.82) is 0 Å². The highest BCUT2D eigenvalue weighted by atomic mass is 32.2. The van der Waals surface area contributed by atoms with Crippen LogP contribution in [0.25, 0.3) is 0 Å². The molecule has 0 rings (SSSR count). The topological polar surface area (TPSA) is 37.3 Å². The van der Waals surface area contributed by atoms with Crippen molar-refractivity contribution in [2.75, 3.05) is 11.5 Å². The number of aliphatic carboxylic acids is 1. The van der Waals surface area contributed by atoms with Crippen LogP contribution >= 0.6 is 11.8 Å². The van der Waals surface area contributed by atoms with Crippen LogP contribution in [0.3, 0.4) is 0 Å². The first-order valence-corrected chi connectivity index (χ1v) is 6.82. The quantitative estimate of drug-likeness (QED) is 0.459. The van der Waals surface area contributed by atoms with Crippen molar-refractivity contribution >= 4 is 17.7 Å². The maximum atomic E-state index is 10.4. The molecule has 0 aliphatic rings. The van der Waals surface area contributed by atoms with Crippen molar-refractivity contribution in [3.05, 3.63) is 12.2 Å². The molecular formula is C12H22O2S. The Bertz CT molecular complexity index is 190. The first kappa shape index (κ1) is 14.6. The van der Waals surface area contributed by atoms with Crippen molar-refractivity contribution < 1.29 is 9.90 Å². The molecular weight excluding hydrogens is 208 g/mol. The summed E-state index contributed by atoms with van der Waals surface area (Å²) in [5, 5.41) is 8.58. The number of hydrogen-bond acceptors (Lipinski definition) is 2. The average molecular weight is 230 g/mol. The Kier molecular flexibility index (Phi) is 9.79. The minimum Gasteiger partial charge on any atom is -0.478 e. The van der Waals surface area contributed by atoms with Gasteiger partial charge in [0.2, 0.25) is 0 Å². The molecule has 0 aromatic heterocycles. The normalized spacial score (nSPS) is 10.2. The fourth-order valence-electron chi connectivity index (χ4n) is 1.23. The molecule has 0 aliphatic heterocycles. The van der Waals surface area contributed by atoms with E-state index >= 15 is 0 Å². The summed E-state index contributed by atoms with van der Waals surface area (Å²) in [4.78, 5) is 10.4. The third kappa shape index (κ3) is 9.85. The number of thioether (sulfide) groups is 1. The van der Waals surface area contributed by atoms with Crippen LogP contribution in [0.4, 0.5) is 0 Å². The number of hydrogen-bond donors (Lipinski definition) is 1. The van der Waals surface area contributed by atoms with Gasteiger partial charge in [0.25, 0.3) is 0 Å². The lowest BCUT2D eigenvalue weighted by Crippen LogP contribution is -1.99. The first-order valence-electron chi connectivity index (χ1n) is 5.67. The van der Waals surface area contributed by atoms with Gasteiger partial charge in [0, 0.05) is 5.57 Å². The summed E-state index contributed by atoms with van der Waals surface area (Å²) in [7, 11) is 0. The van der Waals surface area contributed by atoms with E-state index in [0.717, 1.165) is 12.2 Å². The van der Waals surface area contributed by atoms with E-state index in [2.05, 4.69) is 13.5 Å². The molecule has 0 aliphatic carbocycles. The van der Waals surface area contributed by atoms with E-state index in [9.17, 15) is 4.79 Å². The van der Waals surface area contributed by atoms with Crippen molar-refractivity contribution in [2.24, 2.45) is 0 Å². The predicted octanol–water partition coefficient (Wildman–Crippen LogP) is 3.72. The lowest BCUT2D eigenvalue weighted by Gasteiger charge is -2.01. The second-order valence-electron chi connectivity index (χ2n) is 3.69. The number of carboxylic acid groups (broad SMARTS) is 1. The fourth-order valence-corrected chi connectivity index (χ4v) is 2.19. The summed E-state index contributed by atoms with van der Waals surface area (Å²) in [5.41, 5.74) is 0.335. The smallest absolute Gasteiger partial charge is 0.330 e. The zero-order valence-corrected chi connectivity index (χ0v) is 10.4. The summed E-state index contributed by atoms with van der Waals surface area (Å²) in [6.45, 7) is 5.72. The zero-order valence-electron chi connectivity index (χ0n) is 9.63. The van der Waals surface area contributed by atoms with Gasteiger partial charge in [0.1, 0.15) is 0 Å². The maximum absolute atomic E-state index is 10.4. The fraction of sp³-hybridized carbons (Fsp3) is 0.750. The molecule has 0 saturated heterocycles. The van der Waals surface area contributed by atoms with Gasteiger partial charge in [-0.3, -0.25) is 0 Å². The van der Waals surface area contributed by atoms with Gasteiger partial charge in [-0.25, -0.2) is 4.79 Å². The molecule has 0 spiro atoms. The number of unbranched alkanes of at least 4 members (excludes halogenated alkanes) is 3. The van der Waals surface area contributed by atoms with Crippen LogP contribution in [0.2, 0.25) is 0 Å². The first-order chi connectivity index (χ1) is 7.18. The van der Waals surface area contributed by atoms with E-state index in [4.69, 9.17) is 5.11 Å². The Morgan fingerprint density at radius 3 is 2.47 bits per heavy atom. The molecule has 0 aromatic rings. The molecule has 15 heavy (non-hydrogen) atoms. The summed E-state index contributed by atoms with van der Waals surface area (Å²) in [6.07, 6.45) is 6.78. The highest BCUT2D eigenvalue weighted by Crippen LogP contribution is 2.11. The molecule has 0 saturated carbocycles. The predicted molar refractivity (Wildman–Crippen MR) is 67.5 cm³/mol. The Hall–Kier alpha value is -0.440. The minimum atomic E-state index is -0.858. The summed E-state index contributed by atoms with van der Waals surface area (Å²) in [6, 6.07) is 0. The molecule has 0 aromatic carbocycles. The third-order valence-electron chi connectivity index (χ3n) is 2.21. The monoisotopic (exact) mass is 230 g/mol. The van der Waals surface area contributed by atoms with E-state index in [1.54, 1.807) is 0 Å². The summed E-state index contributed by atoms with van der Waals surface area (Å²) in [5.74, 6) is 1.40. The molecule has 0 unspecified atom stereocenters. The molecule has 2 nitrogen and oxygen atoms in total. The molecule has 0 fully saturated rings. The highest BCUT2D eigenvalue weighted by molar-refractivity contribution is 7.99. The van der Waals surface area contributed by atoms with Crippen LogP contribution in [0.15, 0.2) is 12.2 Å². The number of carboxylic acids is 1. The van der Waals surface area contributed by atoms with Gasteiger partial charge < -0.3 is 5.11 Å². The molecule has 0 amide bonds. The average Bonchev–Trinajstić information content (AvgIpc) is 2.21. The Labute approximate surface area is 97.1 Å². The number of carbonyl (C=O) groups is 1. The van der Waals surface area contributed by atoms with Gasteiger partial charge in [-0.15, -0.1) is 0 Å². The van der Waals surface area contributed by atoms with E-state index in [1.807, 2.05) is 11.8 Å². The second-order valence-corrected chi connectivity index (χ2v) is 4.91. The van der Waals surface area contributed by atoms with Crippen molar-refractivity contribution in [3.8, 4) is 0 Å². The van der Waals surface area contributed by atoms with Crippen molar-refractivity contribution in [1.82, 2.24) is 0 Å². The Balaban J connectivity index is 3.11. The Morgan fingerprint density at radius 1 is 1.20 bits per heavy atom. The lowest BCUT2D eigenvalue weighted by molar-refractivity contribution is -0.132. The molecule has 0 radical (unpaired) electrons. The van der Waals surface area contributed by atoms with Gasteiger partial charge in [0.05, 0.1) is 0 Å². The van der Waals surface area contributed by atoms with E-state index < -0.39 is 5.97 Å². The van der Waals surface area contributed by atoms with Gasteiger partial charge in [-0.2, -0.15) is 11.8 Å². The highest BCUT2D eigenvalue weighted by Gasteiger charge is 2.02. The molecule has 3 heteroatoms. The van der Waals surface area contributed by atoms with Crippen LogP contribution < -0.4 is 0 Å². The SMILES string of the molecule is C=C(CCCSCCCCCC)C(=O)O. The molecule has 0 heterocycles. The zero-order chi connectivity index (χ0) is 11.5. The van der Waals surface area contributed by atoms with Gasteiger partial charge >= 0.3 is 5.97 Å². The molecule has 1 N–H and O–H groups in total. The summed E-state index contributed by atoms with van der Waals surface area (Å²) < 4.78 is 0. The van der Waals surface area contributed by atoms with Crippen LogP contribution in [0, 0.1) is 0 Å². The largest absolute Gasteiger partial charge is 0.478 e. The van der Waals surface area contributed by atoms with Gasteiger partial charge in [0.15, 0.2) is 0 Å². The summed E-state index contributed by atoms with van der Waals surface area (Å²) >= 11 is 1.92. The van der Waals surface area contributed by atoms with Crippen LogP contribution in [-0.4, -0.2) is 22.6 Å².